The lowest BCUT2D eigenvalue weighted by Gasteiger charge is -2.20. The molecule has 254 valence electrons. The second-order valence-electron chi connectivity index (χ2n) is 13.9. The fourth-order valence-corrected chi connectivity index (χ4v) is 8.24. The van der Waals surface area contributed by atoms with Crippen molar-refractivity contribution in [3.8, 4) is 78.9 Å². The SMILES string of the molecule is N#Cc1cc(-c2ccccc2)cc(-c2ccccc2)c1-n1ccc2c3c(ccc21)Oc1ccccc1-c1cc(-c2ccccc2)c(C2=CC=CCC2)cc1-3. The van der Waals surface area contributed by atoms with Crippen LogP contribution in [0.3, 0.4) is 0 Å². The number of aromatic nitrogens is 1. The maximum atomic E-state index is 10.8. The van der Waals surface area contributed by atoms with Crippen LogP contribution in [0.25, 0.3) is 77.8 Å². The Morgan fingerprint density at radius 3 is 1.94 bits per heavy atom. The first-order chi connectivity index (χ1) is 26.7. The lowest BCUT2D eigenvalue weighted by Crippen LogP contribution is -2.01. The maximum Gasteiger partial charge on any atom is 0.136 e. The van der Waals surface area contributed by atoms with Gasteiger partial charge in [-0.05, 0) is 111 Å². The molecule has 0 N–H and O–H groups in total. The van der Waals surface area contributed by atoms with Gasteiger partial charge in [-0.1, -0.05) is 127 Å². The van der Waals surface area contributed by atoms with Crippen molar-refractivity contribution in [1.29, 1.82) is 5.26 Å². The Morgan fingerprint density at radius 2 is 1.22 bits per heavy atom. The number of para-hydroxylation sites is 1. The second kappa shape index (κ2) is 13.1. The summed E-state index contributed by atoms with van der Waals surface area (Å²) in [7, 11) is 0. The molecule has 1 aromatic heterocycles. The predicted molar refractivity (Wildman–Crippen MR) is 222 cm³/mol. The highest BCUT2D eigenvalue weighted by Gasteiger charge is 2.27. The van der Waals surface area contributed by atoms with E-state index in [2.05, 4.69) is 156 Å². The molecule has 2 aliphatic rings. The fourth-order valence-electron chi connectivity index (χ4n) is 8.24. The largest absolute Gasteiger partial charge is 0.456 e. The van der Waals surface area contributed by atoms with Gasteiger partial charge >= 0.3 is 0 Å². The Hall–Kier alpha value is -7.15. The minimum Gasteiger partial charge on any atom is -0.456 e. The number of nitrogens with zero attached hydrogens (tertiary/aromatic N) is 2. The van der Waals surface area contributed by atoms with Gasteiger partial charge in [0, 0.05) is 28.3 Å². The van der Waals surface area contributed by atoms with Gasteiger partial charge in [0.05, 0.1) is 16.8 Å². The van der Waals surface area contributed by atoms with Crippen molar-refractivity contribution < 1.29 is 4.74 Å². The van der Waals surface area contributed by atoms with Crippen molar-refractivity contribution in [2.24, 2.45) is 0 Å². The zero-order valence-corrected chi connectivity index (χ0v) is 29.5. The Morgan fingerprint density at radius 1 is 0.537 bits per heavy atom. The van der Waals surface area contributed by atoms with Crippen molar-refractivity contribution in [3.63, 3.8) is 0 Å². The average Bonchev–Trinajstić information content (AvgIpc) is 3.62. The average molecular weight is 691 g/mol. The lowest BCUT2D eigenvalue weighted by atomic mass is 9.83. The van der Waals surface area contributed by atoms with Crippen LogP contribution in [0.5, 0.6) is 11.5 Å². The highest BCUT2D eigenvalue weighted by molar-refractivity contribution is 6.07. The van der Waals surface area contributed by atoms with E-state index in [4.69, 9.17) is 4.74 Å². The van der Waals surface area contributed by atoms with Gasteiger partial charge < -0.3 is 9.30 Å². The first kappa shape index (κ1) is 31.6. The first-order valence-corrected chi connectivity index (χ1v) is 18.5. The molecule has 8 aromatic rings. The highest BCUT2D eigenvalue weighted by Crippen LogP contribution is 2.52. The minimum atomic E-state index is 0.610. The molecular formula is C51H34N2O. The molecule has 10 rings (SSSR count). The standard InChI is InChI=1S/C51H34N2O/c52-33-39-29-38(34-15-5-1-6-16-34)30-44(37-21-11-4-12-22-37)51(39)53-28-27-41-47(53)25-26-49-50(41)46-32-43(36-19-9-3-10-20-36)42(35-17-7-2-8-18-35)31-45(46)40-23-13-14-24-48(40)54-49/h1-9,11-19,21-32H,10,20H2. The van der Waals surface area contributed by atoms with Crippen LogP contribution in [0.4, 0.5) is 0 Å². The van der Waals surface area contributed by atoms with Gasteiger partial charge in [0.2, 0.25) is 0 Å². The smallest absolute Gasteiger partial charge is 0.136 e. The molecule has 0 spiro atoms. The summed E-state index contributed by atoms with van der Waals surface area (Å²) in [4.78, 5) is 0. The third-order valence-electron chi connectivity index (χ3n) is 10.8. The second-order valence-corrected chi connectivity index (χ2v) is 13.9. The van der Waals surface area contributed by atoms with Gasteiger partial charge in [-0.15, -0.1) is 0 Å². The van der Waals surface area contributed by atoms with E-state index in [-0.39, 0.29) is 0 Å². The number of hydrogen-bond acceptors (Lipinski definition) is 2. The third-order valence-corrected chi connectivity index (χ3v) is 10.8. The van der Waals surface area contributed by atoms with E-state index in [1.165, 1.54) is 22.3 Å². The van der Waals surface area contributed by atoms with Crippen LogP contribution < -0.4 is 4.74 Å². The van der Waals surface area contributed by atoms with Gasteiger partial charge in [-0.25, -0.2) is 0 Å². The van der Waals surface area contributed by atoms with E-state index in [1.807, 2.05) is 36.4 Å². The van der Waals surface area contributed by atoms with Crippen LogP contribution in [0.15, 0.2) is 182 Å². The molecule has 0 saturated heterocycles. The number of nitriles is 1. The summed E-state index contributed by atoms with van der Waals surface area (Å²) in [6.45, 7) is 0. The van der Waals surface area contributed by atoms with Crippen LogP contribution >= 0.6 is 0 Å². The number of ether oxygens (including phenoxy) is 1. The summed E-state index contributed by atoms with van der Waals surface area (Å²) in [6, 6.07) is 57.7. The van der Waals surface area contributed by atoms with Gasteiger partial charge in [0.15, 0.2) is 0 Å². The molecule has 3 nitrogen and oxygen atoms in total. The first-order valence-electron chi connectivity index (χ1n) is 18.5. The molecular weight excluding hydrogens is 657 g/mol. The monoisotopic (exact) mass is 690 g/mol. The van der Waals surface area contributed by atoms with E-state index in [9.17, 15) is 5.26 Å². The molecule has 0 fully saturated rings. The summed E-state index contributed by atoms with van der Waals surface area (Å²) in [5.74, 6) is 1.64. The Balaban J connectivity index is 1.26. The van der Waals surface area contributed by atoms with Gasteiger partial charge in [0.25, 0.3) is 0 Å². The van der Waals surface area contributed by atoms with E-state index in [1.54, 1.807) is 0 Å². The van der Waals surface area contributed by atoms with Crippen molar-refractivity contribution in [3.05, 3.63) is 193 Å². The van der Waals surface area contributed by atoms with Crippen molar-refractivity contribution in [2.45, 2.75) is 12.8 Å². The van der Waals surface area contributed by atoms with E-state index in [0.717, 1.165) is 85.4 Å². The highest BCUT2D eigenvalue weighted by atomic mass is 16.5. The molecule has 0 radical (unpaired) electrons. The molecule has 0 amide bonds. The summed E-state index contributed by atoms with van der Waals surface area (Å²) in [6.07, 6.45) is 10.8. The van der Waals surface area contributed by atoms with Gasteiger partial charge in [0.1, 0.15) is 17.6 Å². The van der Waals surface area contributed by atoms with Crippen LogP contribution in [0, 0.1) is 11.3 Å². The number of allylic oxidation sites excluding steroid dienone is 4. The Labute approximate surface area is 315 Å². The lowest BCUT2D eigenvalue weighted by molar-refractivity contribution is 0.488. The zero-order chi connectivity index (χ0) is 36.0. The number of fused-ring (bicyclic) bond motifs is 7. The Bertz CT molecular complexity index is 2840. The number of rotatable bonds is 5. The quantitative estimate of drug-likeness (QED) is 0.180. The minimum absolute atomic E-state index is 0.610. The number of hydrogen-bond donors (Lipinski definition) is 0. The van der Waals surface area contributed by atoms with Crippen LogP contribution in [-0.2, 0) is 0 Å². The van der Waals surface area contributed by atoms with Crippen LogP contribution in [-0.4, -0.2) is 4.57 Å². The van der Waals surface area contributed by atoms with E-state index in [0.29, 0.717) is 5.56 Å². The molecule has 2 heterocycles. The molecule has 0 saturated carbocycles. The van der Waals surface area contributed by atoms with E-state index >= 15 is 0 Å². The molecule has 0 bridgehead atoms. The van der Waals surface area contributed by atoms with Crippen LogP contribution in [0.1, 0.15) is 24.0 Å². The summed E-state index contributed by atoms with van der Waals surface area (Å²) in [5.41, 5.74) is 15.9. The molecule has 0 unspecified atom stereocenters. The summed E-state index contributed by atoms with van der Waals surface area (Å²) >= 11 is 0. The molecule has 1 aliphatic carbocycles. The molecule has 1 aliphatic heterocycles. The Kier molecular flexibility index (Phi) is 7.67. The maximum absolute atomic E-state index is 10.8. The topological polar surface area (TPSA) is 38.0 Å². The summed E-state index contributed by atoms with van der Waals surface area (Å²) in [5, 5.41) is 11.8. The van der Waals surface area contributed by atoms with Crippen LogP contribution in [0.2, 0.25) is 0 Å². The normalized spacial score (nSPS) is 12.8. The molecule has 54 heavy (non-hydrogen) atoms. The summed E-state index contributed by atoms with van der Waals surface area (Å²) < 4.78 is 9.05. The molecule has 0 atom stereocenters. The van der Waals surface area contributed by atoms with Gasteiger partial charge in [-0.2, -0.15) is 5.26 Å². The van der Waals surface area contributed by atoms with Crippen molar-refractivity contribution in [1.82, 2.24) is 4.57 Å². The molecule has 3 heteroatoms. The fraction of sp³-hybridized carbons (Fsp3) is 0.0392. The van der Waals surface area contributed by atoms with Crippen molar-refractivity contribution in [2.75, 3.05) is 0 Å². The molecule has 7 aromatic carbocycles. The number of benzene rings is 7. The third kappa shape index (κ3) is 5.28. The zero-order valence-electron chi connectivity index (χ0n) is 29.5. The predicted octanol–water partition coefficient (Wildman–Crippen LogP) is 13.7. The van der Waals surface area contributed by atoms with Gasteiger partial charge in [-0.3, -0.25) is 0 Å². The van der Waals surface area contributed by atoms with Crippen molar-refractivity contribution >= 4 is 16.5 Å². The van der Waals surface area contributed by atoms with E-state index < -0.39 is 0 Å².